The number of amides is 1. The molecular weight excluding hydrogens is 731 g/mol. The van der Waals surface area contributed by atoms with Gasteiger partial charge in [0.2, 0.25) is 5.91 Å². The number of unbranched alkanes of at least 4 members (excludes halogenated alkanes) is 22. The fourth-order valence-electron chi connectivity index (χ4n) is 7.34. The van der Waals surface area contributed by atoms with Crippen LogP contribution in [0.3, 0.4) is 0 Å². The third-order valence-electron chi connectivity index (χ3n) is 11.1. The molecule has 59 heavy (non-hydrogen) atoms. The molecule has 0 aliphatic carbocycles. The maximum absolute atomic E-state index is 13.1. The first kappa shape index (κ1) is 56.6. The van der Waals surface area contributed by atoms with Crippen LogP contribution in [0, 0.1) is 0 Å². The van der Waals surface area contributed by atoms with E-state index in [2.05, 4.69) is 86.8 Å². The molecule has 0 spiro atoms. The standard InChI is InChI=1S/C53H95NO5/c1-4-7-10-13-16-19-21-23-24-25-26-27-28-29-31-34-37-40-43-46-53(58)59-49(44-41-38-35-32-18-15-12-9-6-3)47-52(57)54-50(48-55)51(56)45-42-39-36-33-30-22-20-17-14-11-8-5-2/h7,10,16,19,23-24,26-27,29,31,49-51,55-56H,4-6,8-9,11-15,17-18,20-22,25,28,30,32-48H2,1-3H3,(H,54,57)/b10-7-,19-16-,24-23-,27-26-,31-29-. The minimum atomic E-state index is -0.792. The number of ether oxygens (including phenoxy) is 1. The van der Waals surface area contributed by atoms with Crippen molar-refractivity contribution in [1.29, 1.82) is 0 Å². The number of carbonyl (C=O) groups is 2. The molecule has 0 bridgehead atoms. The van der Waals surface area contributed by atoms with E-state index in [0.717, 1.165) is 96.3 Å². The Morgan fingerprint density at radius 1 is 0.508 bits per heavy atom. The zero-order valence-corrected chi connectivity index (χ0v) is 38.9. The zero-order chi connectivity index (χ0) is 43.1. The predicted octanol–water partition coefficient (Wildman–Crippen LogP) is 14.8. The molecule has 0 fully saturated rings. The molecule has 6 nitrogen and oxygen atoms in total. The Morgan fingerprint density at radius 3 is 1.37 bits per heavy atom. The van der Waals surface area contributed by atoms with Gasteiger partial charge in [0.25, 0.3) is 0 Å². The lowest BCUT2D eigenvalue weighted by Gasteiger charge is -2.24. The lowest BCUT2D eigenvalue weighted by molar-refractivity contribution is -0.151. The number of allylic oxidation sites excluding steroid dienone is 10. The third kappa shape index (κ3) is 42.1. The van der Waals surface area contributed by atoms with E-state index in [-0.39, 0.29) is 24.9 Å². The summed E-state index contributed by atoms with van der Waals surface area (Å²) in [5.74, 6) is -0.511. The smallest absolute Gasteiger partial charge is 0.306 e. The summed E-state index contributed by atoms with van der Waals surface area (Å²) < 4.78 is 5.90. The topological polar surface area (TPSA) is 95.9 Å². The van der Waals surface area contributed by atoms with Crippen molar-refractivity contribution < 1.29 is 24.5 Å². The second-order valence-electron chi connectivity index (χ2n) is 16.8. The van der Waals surface area contributed by atoms with E-state index in [9.17, 15) is 19.8 Å². The van der Waals surface area contributed by atoms with Gasteiger partial charge in [0.05, 0.1) is 25.2 Å². The first-order valence-corrected chi connectivity index (χ1v) is 25.0. The van der Waals surface area contributed by atoms with E-state index in [1.807, 2.05) is 0 Å². The fraction of sp³-hybridized carbons (Fsp3) is 0.774. The Hall–Kier alpha value is -2.44. The van der Waals surface area contributed by atoms with Gasteiger partial charge in [0.15, 0.2) is 0 Å². The van der Waals surface area contributed by atoms with Gasteiger partial charge < -0.3 is 20.3 Å². The van der Waals surface area contributed by atoms with E-state index in [1.54, 1.807) is 0 Å². The van der Waals surface area contributed by atoms with Gasteiger partial charge in [0.1, 0.15) is 6.10 Å². The summed E-state index contributed by atoms with van der Waals surface area (Å²) in [4.78, 5) is 26.0. The molecule has 3 atom stereocenters. The molecule has 0 heterocycles. The van der Waals surface area contributed by atoms with Crippen molar-refractivity contribution in [2.75, 3.05) is 6.61 Å². The molecule has 1 amide bonds. The van der Waals surface area contributed by atoms with Gasteiger partial charge in [-0.2, -0.15) is 0 Å². The summed E-state index contributed by atoms with van der Waals surface area (Å²) in [6.07, 6.45) is 57.1. The lowest BCUT2D eigenvalue weighted by atomic mass is 10.0. The number of hydrogen-bond acceptors (Lipinski definition) is 5. The van der Waals surface area contributed by atoms with Crippen molar-refractivity contribution in [3.8, 4) is 0 Å². The number of rotatable bonds is 44. The van der Waals surface area contributed by atoms with E-state index >= 15 is 0 Å². The highest BCUT2D eigenvalue weighted by Crippen LogP contribution is 2.17. The second-order valence-corrected chi connectivity index (χ2v) is 16.8. The van der Waals surface area contributed by atoms with Crippen LogP contribution in [-0.4, -0.2) is 46.9 Å². The molecule has 3 N–H and O–H groups in total. The Labute approximate surface area is 365 Å². The lowest BCUT2D eigenvalue weighted by Crippen LogP contribution is -2.46. The highest BCUT2D eigenvalue weighted by molar-refractivity contribution is 5.77. The van der Waals surface area contributed by atoms with Crippen molar-refractivity contribution >= 4 is 11.9 Å². The fourth-order valence-corrected chi connectivity index (χ4v) is 7.34. The second kappa shape index (κ2) is 46.6. The van der Waals surface area contributed by atoms with E-state index < -0.39 is 18.2 Å². The molecule has 0 aromatic carbocycles. The average Bonchev–Trinajstić information content (AvgIpc) is 3.23. The van der Waals surface area contributed by atoms with Crippen LogP contribution < -0.4 is 5.32 Å². The molecule has 0 radical (unpaired) electrons. The molecule has 0 saturated heterocycles. The van der Waals surface area contributed by atoms with Gasteiger partial charge >= 0.3 is 5.97 Å². The molecule has 0 aliphatic rings. The summed E-state index contributed by atoms with van der Waals surface area (Å²) in [5.41, 5.74) is 0. The van der Waals surface area contributed by atoms with Crippen molar-refractivity contribution in [2.24, 2.45) is 0 Å². The zero-order valence-electron chi connectivity index (χ0n) is 38.9. The molecule has 3 unspecified atom stereocenters. The summed E-state index contributed by atoms with van der Waals surface area (Å²) in [7, 11) is 0. The molecule has 0 aromatic heterocycles. The maximum atomic E-state index is 13.1. The van der Waals surface area contributed by atoms with Gasteiger partial charge in [-0.25, -0.2) is 0 Å². The monoisotopic (exact) mass is 826 g/mol. The summed E-state index contributed by atoms with van der Waals surface area (Å²) >= 11 is 0. The van der Waals surface area contributed by atoms with Crippen LogP contribution in [0.25, 0.3) is 0 Å². The van der Waals surface area contributed by atoms with Crippen molar-refractivity contribution in [1.82, 2.24) is 5.32 Å². The predicted molar refractivity (Wildman–Crippen MR) is 255 cm³/mol. The summed E-state index contributed by atoms with van der Waals surface area (Å²) in [6, 6.07) is -0.706. The van der Waals surface area contributed by atoms with Crippen LogP contribution in [0.5, 0.6) is 0 Å². The highest BCUT2D eigenvalue weighted by atomic mass is 16.5. The number of aliphatic hydroxyl groups excluding tert-OH is 2. The highest BCUT2D eigenvalue weighted by Gasteiger charge is 2.24. The van der Waals surface area contributed by atoms with Crippen molar-refractivity contribution in [2.45, 2.75) is 257 Å². The van der Waals surface area contributed by atoms with Crippen LogP contribution in [0.1, 0.15) is 239 Å². The van der Waals surface area contributed by atoms with Gasteiger partial charge in [-0.15, -0.1) is 0 Å². The molecule has 0 aliphatic heterocycles. The first-order valence-electron chi connectivity index (χ1n) is 25.0. The van der Waals surface area contributed by atoms with Gasteiger partial charge in [-0.05, 0) is 70.6 Å². The minimum Gasteiger partial charge on any atom is -0.462 e. The van der Waals surface area contributed by atoms with Crippen LogP contribution in [0.4, 0.5) is 0 Å². The van der Waals surface area contributed by atoms with Crippen LogP contribution >= 0.6 is 0 Å². The number of carbonyl (C=O) groups excluding carboxylic acids is 2. The SMILES string of the molecule is CC/C=C\C/C=C\C/C=C\C/C=C\C/C=C\CCCCCC(=O)OC(CCCCCCCCCCC)CC(=O)NC(CO)C(O)CCCCCCCCCCCCCC. The van der Waals surface area contributed by atoms with Gasteiger partial charge in [-0.3, -0.25) is 9.59 Å². The Bertz CT molecular complexity index is 1060. The minimum absolute atomic E-state index is 0.0641. The normalized spacial score (nSPS) is 13.8. The molecule has 0 rings (SSSR count). The Morgan fingerprint density at radius 2 is 0.915 bits per heavy atom. The molecule has 6 heteroatoms. The third-order valence-corrected chi connectivity index (χ3v) is 11.1. The first-order chi connectivity index (χ1) is 29.0. The quantitative estimate of drug-likeness (QED) is 0.0323. The van der Waals surface area contributed by atoms with E-state index in [0.29, 0.717) is 19.3 Å². The Balaban J connectivity index is 4.53. The van der Waals surface area contributed by atoms with Gasteiger partial charge in [0, 0.05) is 6.42 Å². The van der Waals surface area contributed by atoms with Crippen molar-refractivity contribution in [3.05, 3.63) is 60.8 Å². The molecular formula is C53H95NO5. The number of esters is 1. The van der Waals surface area contributed by atoms with Crippen LogP contribution in [0.15, 0.2) is 60.8 Å². The summed E-state index contributed by atoms with van der Waals surface area (Å²) in [5, 5.41) is 23.7. The number of nitrogens with one attached hydrogen (secondary N) is 1. The number of aliphatic hydroxyl groups is 2. The Kier molecular flexibility index (Phi) is 44.7. The molecule has 0 aromatic rings. The largest absolute Gasteiger partial charge is 0.462 e. The van der Waals surface area contributed by atoms with Crippen LogP contribution in [0.2, 0.25) is 0 Å². The van der Waals surface area contributed by atoms with Crippen LogP contribution in [-0.2, 0) is 14.3 Å². The molecule has 342 valence electrons. The number of hydrogen-bond donors (Lipinski definition) is 3. The maximum Gasteiger partial charge on any atom is 0.306 e. The molecule has 0 saturated carbocycles. The van der Waals surface area contributed by atoms with Gasteiger partial charge in [-0.1, -0.05) is 216 Å². The van der Waals surface area contributed by atoms with Crippen molar-refractivity contribution in [3.63, 3.8) is 0 Å². The summed E-state index contributed by atoms with van der Waals surface area (Å²) in [6.45, 7) is 6.34. The van der Waals surface area contributed by atoms with E-state index in [1.165, 1.54) is 96.3 Å². The van der Waals surface area contributed by atoms with E-state index in [4.69, 9.17) is 4.74 Å². The average molecular weight is 826 g/mol.